The molecule has 1 aliphatic rings. The van der Waals surface area contributed by atoms with Crippen LogP contribution in [-0.2, 0) is 0 Å². The number of hydrogen-bond donors (Lipinski definition) is 0. The highest BCUT2D eigenvalue weighted by atomic mass is 16.5. The molecule has 14 heavy (non-hydrogen) atoms. The minimum atomic E-state index is 0.0179. The van der Waals surface area contributed by atoms with Gasteiger partial charge >= 0.3 is 0 Å². The quantitative estimate of drug-likeness (QED) is 0.709. The van der Waals surface area contributed by atoms with Crippen molar-refractivity contribution in [1.29, 1.82) is 0 Å². The van der Waals surface area contributed by atoms with Gasteiger partial charge in [-0.15, -0.1) is 0 Å². The molecule has 1 saturated heterocycles. The lowest BCUT2D eigenvalue weighted by Crippen LogP contribution is -2.61. The van der Waals surface area contributed by atoms with Gasteiger partial charge in [-0.1, -0.05) is 17.7 Å². The summed E-state index contributed by atoms with van der Waals surface area (Å²) in [5.41, 5.74) is 1.29. The fraction of sp³-hybridized carbons (Fsp3) is 0.500. The fourth-order valence-corrected chi connectivity index (χ4v) is 2.05. The molecule has 0 amide bonds. The zero-order valence-electron chi connectivity index (χ0n) is 9.08. The summed E-state index contributed by atoms with van der Waals surface area (Å²) >= 11 is 0. The van der Waals surface area contributed by atoms with E-state index in [0.717, 1.165) is 18.8 Å². The highest BCUT2D eigenvalue weighted by molar-refractivity contribution is 5.27. The average Bonchev–Trinajstić information content (AvgIpc) is 2.07. The van der Waals surface area contributed by atoms with Crippen molar-refractivity contribution in [2.24, 2.45) is 0 Å². The maximum absolute atomic E-state index is 5.92. The molecule has 2 rings (SSSR count). The molecule has 1 fully saturated rings. The summed E-state index contributed by atoms with van der Waals surface area (Å²) in [6, 6.07) is 8.25. The number of likely N-dealkylation sites (N-methyl/N-ethyl adjacent to an activating group) is 1. The Kier molecular flexibility index (Phi) is 2.23. The predicted molar refractivity (Wildman–Crippen MR) is 57.7 cm³/mol. The number of likely N-dealkylation sites (tertiary alicyclic amines) is 1. The van der Waals surface area contributed by atoms with Crippen molar-refractivity contribution in [3.8, 4) is 5.75 Å². The summed E-state index contributed by atoms with van der Waals surface area (Å²) in [5, 5.41) is 0. The number of ether oxygens (including phenoxy) is 1. The Morgan fingerprint density at radius 2 is 1.79 bits per heavy atom. The molecule has 1 aromatic carbocycles. The predicted octanol–water partition coefficient (Wildman–Crippen LogP) is 2.08. The first kappa shape index (κ1) is 9.53. The molecule has 0 spiro atoms. The lowest BCUT2D eigenvalue weighted by Gasteiger charge is -2.45. The summed E-state index contributed by atoms with van der Waals surface area (Å²) in [6.07, 6.45) is 0. The first-order valence-corrected chi connectivity index (χ1v) is 5.02. The van der Waals surface area contributed by atoms with Crippen LogP contribution in [0.2, 0.25) is 0 Å². The van der Waals surface area contributed by atoms with Gasteiger partial charge in [0.05, 0.1) is 0 Å². The van der Waals surface area contributed by atoms with E-state index in [-0.39, 0.29) is 5.60 Å². The maximum atomic E-state index is 5.92. The van der Waals surface area contributed by atoms with Gasteiger partial charge in [0.2, 0.25) is 0 Å². The first-order chi connectivity index (χ1) is 6.57. The van der Waals surface area contributed by atoms with Crippen LogP contribution in [0.5, 0.6) is 5.75 Å². The summed E-state index contributed by atoms with van der Waals surface area (Å²) in [6.45, 7) is 6.28. The van der Waals surface area contributed by atoms with Crippen LogP contribution in [-0.4, -0.2) is 30.6 Å². The third-order valence-corrected chi connectivity index (χ3v) is 2.59. The van der Waals surface area contributed by atoms with E-state index in [9.17, 15) is 0 Å². The van der Waals surface area contributed by atoms with Crippen LogP contribution in [0.1, 0.15) is 12.5 Å². The molecule has 0 saturated carbocycles. The lowest BCUT2D eigenvalue weighted by atomic mass is 9.97. The second-order valence-corrected chi connectivity index (χ2v) is 4.54. The van der Waals surface area contributed by atoms with Crippen LogP contribution >= 0.6 is 0 Å². The maximum Gasteiger partial charge on any atom is 0.131 e. The third kappa shape index (κ3) is 1.90. The Bertz CT molecular complexity index is 312. The Morgan fingerprint density at radius 3 is 2.29 bits per heavy atom. The van der Waals surface area contributed by atoms with Crippen molar-refractivity contribution in [2.75, 3.05) is 20.1 Å². The van der Waals surface area contributed by atoms with Gasteiger partial charge in [0.1, 0.15) is 11.4 Å². The Hall–Kier alpha value is -1.02. The molecular weight excluding hydrogens is 174 g/mol. The molecule has 76 valence electrons. The molecule has 0 atom stereocenters. The molecule has 1 aromatic rings. The van der Waals surface area contributed by atoms with E-state index >= 15 is 0 Å². The first-order valence-electron chi connectivity index (χ1n) is 5.02. The van der Waals surface area contributed by atoms with Crippen molar-refractivity contribution in [3.05, 3.63) is 29.8 Å². The fourth-order valence-electron chi connectivity index (χ4n) is 2.05. The van der Waals surface area contributed by atoms with E-state index in [1.165, 1.54) is 5.56 Å². The minimum absolute atomic E-state index is 0.0179. The molecule has 0 radical (unpaired) electrons. The molecule has 0 bridgehead atoms. The second-order valence-electron chi connectivity index (χ2n) is 4.54. The van der Waals surface area contributed by atoms with Crippen LogP contribution in [0.15, 0.2) is 24.3 Å². The van der Waals surface area contributed by atoms with Crippen molar-refractivity contribution < 1.29 is 4.74 Å². The van der Waals surface area contributed by atoms with Gasteiger partial charge in [-0.05, 0) is 33.0 Å². The van der Waals surface area contributed by atoms with Gasteiger partial charge in [-0.3, -0.25) is 4.90 Å². The zero-order valence-corrected chi connectivity index (χ0v) is 9.08. The van der Waals surface area contributed by atoms with Gasteiger partial charge in [0, 0.05) is 13.1 Å². The van der Waals surface area contributed by atoms with Crippen LogP contribution in [0.3, 0.4) is 0 Å². The van der Waals surface area contributed by atoms with E-state index in [1.54, 1.807) is 0 Å². The number of nitrogens with zero attached hydrogens (tertiary/aromatic N) is 1. The lowest BCUT2D eigenvalue weighted by molar-refractivity contribution is -0.0496. The van der Waals surface area contributed by atoms with E-state index in [4.69, 9.17) is 4.74 Å². The van der Waals surface area contributed by atoms with Crippen LogP contribution < -0.4 is 4.74 Å². The van der Waals surface area contributed by atoms with E-state index in [1.807, 2.05) is 12.1 Å². The molecule has 1 aliphatic heterocycles. The number of hydrogen-bond acceptors (Lipinski definition) is 2. The largest absolute Gasteiger partial charge is 0.485 e. The Labute approximate surface area is 85.5 Å². The van der Waals surface area contributed by atoms with Gasteiger partial charge < -0.3 is 4.74 Å². The van der Waals surface area contributed by atoms with Crippen molar-refractivity contribution in [3.63, 3.8) is 0 Å². The molecule has 1 heterocycles. The Morgan fingerprint density at radius 1 is 1.21 bits per heavy atom. The molecule has 0 N–H and O–H groups in total. The molecular formula is C12H17NO. The second kappa shape index (κ2) is 3.28. The van der Waals surface area contributed by atoms with Crippen molar-refractivity contribution >= 4 is 0 Å². The number of aryl methyl sites for hydroxylation is 1. The highest BCUT2D eigenvalue weighted by Gasteiger charge is 2.38. The monoisotopic (exact) mass is 191 g/mol. The standard InChI is InChI=1S/C12H17NO/c1-10-4-6-11(7-5-10)14-12(2)8-13(3)9-12/h4-7H,8-9H2,1-3H3. The topological polar surface area (TPSA) is 12.5 Å². The zero-order chi connectivity index (χ0) is 10.2. The van der Waals surface area contributed by atoms with E-state index in [0.29, 0.717) is 0 Å². The molecule has 0 unspecified atom stereocenters. The minimum Gasteiger partial charge on any atom is -0.485 e. The summed E-state index contributed by atoms with van der Waals surface area (Å²) < 4.78 is 5.92. The van der Waals surface area contributed by atoms with Gasteiger partial charge in [0.25, 0.3) is 0 Å². The summed E-state index contributed by atoms with van der Waals surface area (Å²) in [7, 11) is 2.11. The van der Waals surface area contributed by atoms with Gasteiger partial charge in [-0.25, -0.2) is 0 Å². The molecule has 0 aliphatic carbocycles. The van der Waals surface area contributed by atoms with E-state index in [2.05, 4.69) is 37.9 Å². The molecule has 2 heteroatoms. The van der Waals surface area contributed by atoms with Gasteiger partial charge in [-0.2, -0.15) is 0 Å². The average molecular weight is 191 g/mol. The van der Waals surface area contributed by atoms with Crippen LogP contribution in [0.25, 0.3) is 0 Å². The van der Waals surface area contributed by atoms with Crippen LogP contribution in [0.4, 0.5) is 0 Å². The smallest absolute Gasteiger partial charge is 0.131 e. The molecule has 2 nitrogen and oxygen atoms in total. The van der Waals surface area contributed by atoms with Crippen molar-refractivity contribution in [2.45, 2.75) is 19.4 Å². The SMILES string of the molecule is Cc1ccc(OC2(C)CN(C)C2)cc1. The van der Waals surface area contributed by atoms with E-state index < -0.39 is 0 Å². The third-order valence-electron chi connectivity index (χ3n) is 2.59. The van der Waals surface area contributed by atoms with Crippen LogP contribution in [0, 0.1) is 6.92 Å². The summed E-state index contributed by atoms with van der Waals surface area (Å²) in [4.78, 5) is 2.26. The highest BCUT2D eigenvalue weighted by Crippen LogP contribution is 2.26. The number of benzene rings is 1. The van der Waals surface area contributed by atoms with Crippen molar-refractivity contribution in [1.82, 2.24) is 4.90 Å². The molecule has 0 aromatic heterocycles. The normalized spacial score (nSPS) is 20.2. The number of rotatable bonds is 2. The van der Waals surface area contributed by atoms with Gasteiger partial charge in [0.15, 0.2) is 0 Å². The Balaban J connectivity index is 2.01. The summed E-state index contributed by atoms with van der Waals surface area (Å²) in [5.74, 6) is 0.978.